The molecule has 0 amide bonds. The molecule has 0 aromatic heterocycles. The number of phenols is 1. The molecular weight excluding hydrogens is 430 g/mol. The number of ether oxygens (including phenoxy) is 4. The molecule has 0 saturated heterocycles. The average molecular weight is 459 g/mol. The second-order valence-electron chi connectivity index (χ2n) is 8.10. The summed E-state index contributed by atoms with van der Waals surface area (Å²) in [5.41, 5.74) is 2.29. The van der Waals surface area contributed by atoms with Gasteiger partial charge in [-0.1, -0.05) is 13.0 Å². The molecule has 1 heterocycles. The quantitative estimate of drug-likeness (QED) is 0.359. The molecule has 2 N–H and O–H groups in total. The number of phenolic OH excluding ortho intramolecular Hbond substituents is 1. The first-order chi connectivity index (χ1) is 15.7. The Balaban J connectivity index is 2.16. The molecule has 0 unspecified atom stereocenters. The molecule has 1 aliphatic carbocycles. The first kappa shape index (κ1) is 24.3. The number of nitrogens with one attached hydrogen (secondary N) is 1. The van der Waals surface area contributed by atoms with Crippen molar-refractivity contribution in [3.8, 4) is 11.5 Å². The highest BCUT2D eigenvalue weighted by molar-refractivity contribution is 6.12. The summed E-state index contributed by atoms with van der Waals surface area (Å²) in [6.45, 7) is 3.82. The van der Waals surface area contributed by atoms with Crippen LogP contribution < -0.4 is 10.1 Å². The van der Waals surface area contributed by atoms with E-state index in [4.69, 9.17) is 18.9 Å². The van der Waals surface area contributed by atoms with E-state index in [2.05, 4.69) is 5.32 Å². The van der Waals surface area contributed by atoms with E-state index in [0.29, 0.717) is 29.0 Å². The Kier molecular flexibility index (Phi) is 7.43. The highest BCUT2D eigenvalue weighted by Crippen LogP contribution is 2.46. The number of carbonyl (C=O) groups excluding carboxylic acids is 3. The zero-order valence-corrected chi connectivity index (χ0v) is 19.4. The minimum atomic E-state index is -0.985. The Hall–Kier alpha value is -3.33. The molecule has 0 radical (unpaired) electrons. The van der Waals surface area contributed by atoms with E-state index in [0.717, 1.165) is 0 Å². The molecule has 0 bridgehead atoms. The van der Waals surface area contributed by atoms with E-state index in [-0.39, 0.29) is 36.2 Å². The van der Waals surface area contributed by atoms with E-state index in [1.54, 1.807) is 19.1 Å². The first-order valence-electron chi connectivity index (χ1n) is 10.6. The molecule has 0 saturated carbocycles. The van der Waals surface area contributed by atoms with Gasteiger partial charge >= 0.3 is 11.9 Å². The van der Waals surface area contributed by atoms with Crippen molar-refractivity contribution in [3.05, 3.63) is 46.3 Å². The monoisotopic (exact) mass is 459 g/mol. The van der Waals surface area contributed by atoms with Crippen LogP contribution in [-0.2, 0) is 28.6 Å². The van der Waals surface area contributed by atoms with Crippen LogP contribution in [0.5, 0.6) is 11.5 Å². The van der Waals surface area contributed by atoms with Crippen molar-refractivity contribution in [3.63, 3.8) is 0 Å². The van der Waals surface area contributed by atoms with Crippen molar-refractivity contribution in [2.45, 2.75) is 26.2 Å². The number of Topliss-reactive ketones (excluding diaryl/α,β-unsaturated/α-hetero) is 1. The smallest absolute Gasteiger partial charge is 0.336 e. The number of dihydropyridines is 1. The number of rotatable bonds is 7. The van der Waals surface area contributed by atoms with Gasteiger partial charge in [-0.05, 0) is 37.0 Å². The van der Waals surface area contributed by atoms with Crippen LogP contribution in [0.15, 0.2) is 40.7 Å². The Morgan fingerprint density at radius 2 is 1.91 bits per heavy atom. The number of allylic oxidation sites excluding steroid dienone is 3. The third-order valence-electron chi connectivity index (χ3n) is 6.02. The SMILES string of the molecule is COCCOC(=O)C1=C(C)NC2=C(C(=O)[C@H](C(=O)OC)[C@H](C)C2)[C@@H]1c1ccc(O)c(OC)c1. The summed E-state index contributed by atoms with van der Waals surface area (Å²) in [5.74, 6) is -3.61. The van der Waals surface area contributed by atoms with Crippen LogP contribution in [0.25, 0.3) is 0 Å². The van der Waals surface area contributed by atoms with Crippen LogP contribution in [0.2, 0.25) is 0 Å². The van der Waals surface area contributed by atoms with Gasteiger partial charge in [0.25, 0.3) is 0 Å². The van der Waals surface area contributed by atoms with Crippen LogP contribution in [0.3, 0.4) is 0 Å². The Bertz CT molecular complexity index is 1030. The fourth-order valence-electron chi connectivity index (χ4n) is 4.45. The molecule has 1 aromatic rings. The fourth-order valence-corrected chi connectivity index (χ4v) is 4.45. The predicted molar refractivity (Wildman–Crippen MR) is 117 cm³/mol. The van der Waals surface area contributed by atoms with Gasteiger partial charge in [0.05, 0.1) is 26.4 Å². The molecule has 2 aliphatic rings. The highest BCUT2D eigenvalue weighted by Gasteiger charge is 2.47. The van der Waals surface area contributed by atoms with E-state index in [1.807, 2.05) is 6.92 Å². The first-order valence-corrected chi connectivity index (χ1v) is 10.6. The van der Waals surface area contributed by atoms with Crippen molar-refractivity contribution in [1.29, 1.82) is 0 Å². The molecule has 0 fully saturated rings. The summed E-state index contributed by atoms with van der Waals surface area (Å²) in [6.07, 6.45) is 0.426. The van der Waals surface area contributed by atoms with Gasteiger partial charge in [-0.15, -0.1) is 0 Å². The fraction of sp³-hybridized carbons (Fsp3) is 0.458. The number of hydrogen-bond acceptors (Lipinski definition) is 9. The molecule has 3 rings (SSSR count). The van der Waals surface area contributed by atoms with Crippen LogP contribution in [0, 0.1) is 11.8 Å². The van der Waals surface area contributed by atoms with Crippen LogP contribution in [0.1, 0.15) is 31.7 Å². The van der Waals surface area contributed by atoms with Crippen molar-refractivity contribution >= 4 is 17.7 Å². The second kappa shape index (κ2) is 10.1. The zero-order chi connectivity index (χ0) is 24.3. The maximum atomic E-state index is 13.6. The summed E-state index contributed by atoms with van der Waals surface area (Å²) in [7, 11) is 4.15. The number of methoxy groups -OCH3 is 3. The molecule has 1 aromatic carbocycles. The summed E-state index contributed by atoms with van der Waals surface area (Å²) in [5, 5.41) is 13.3. The Morgan fingerprint density at radius 3 is 2.55 bits per heavy atom. The van der Waals surface area contributed by atoms with Gasteiger partial charge in [0.2, 0.25) is 0 Å². The third-order valence-corrected chi connectivity index (χ3v) is 6.02. The van der Waals surface area contributed by atoms with Gasteiger partial charge in [-0.2, -0.15) is 0 Å². The van der Waals surface area contributed by atoms with E-state index in [9.17, 15) is 19.5 Å². The predicted octanol–water partition coefficient (Wildman–Crippen LogP) is 2.20. The molecule has 1 aliphatic heterocycles. The highest BCUT2D eigenvalue weighted by atomic mass is 16.6. The van der Waals surface area contributed by atoms with E-state index >= 15 is 0 Å². The van der Waals surface area contributed by atoms with Crippen molar-refractivity contribution in [2.24, 2.45) is 11.8 Å². The molecule has 9 heteroatoms. The van der Waals surface area contributed by atoms with Crippen LogP contribution in [-0.4, -0.2) is 57.4 Å². The normalized spacial score (nSPS) is 22.5. The lowest BCUT2D eigenvalue weighted by molar-refractivity contribution is -0.151. The molecule has 3 atom stereocenters. The lowest BCUT2D eigenvalue weighted by Crippen LogP contribution is -2.43. The lowest BCUT2D eigenvalue weighted by Gasteiger charge is -2.38. The van der Waals surface area contributed by atoms with Gasteiger partial charge in [0, 0.05) is 30.0 Å². The number of aromatic hydroxyl groups is 1. The van der Waals surface area contributed by atoms with E-state index in [1.165, 1.54) is 27.4 Å². The molecule has 178 valence electrons. The maximum Gasteiger partial charge on any atom is 0.336 e. The minimum absolute atomic E-state index is 0.0411. The Morgan fingerprint density at radius 1 is 1.18 bits per heavy atom. The van der Waals surface area contributed by atoms with Crippen LogP contribution in [0.4, 0.5) is 0 Å². The van der Waals surface area contributed by atoms with Gasteiger partial charge in [0.15, 0.2) is 17.3 Å². The standard InChI is InChI=1S/C24H29NO8/c1-12-10-15-21(22(27)18(12)23(28)32-5)20(14-6-7-16(26)17(11-14)31-4)19(13(2)25-15)24(29)33-9-8-30-3/h6-7,11-12,18,20,25-26H,8-10H2,1-5H3/t12-,18-,20-/m1/s1. The molecule has 33 heavy (non-hydrogen) atoms. The summed E-state index contributed by atoms with van der Waals surface area (Å²) in [4.78, 5) is 39.2. The summed E-state index contributed by atoms with van der Waals surface area (Å²) in [6, 6.07) is 4.63. The van der Waals surface area contributed by atoms with Gasteiger partial charge in [0.1, 0.15) is 12.5 Å². The van der Waals surface area contributed by atoms with E-state index < -0.39 is 29.6 Å². The number of esters is 2. The summed E-state index contributed by atoms with van der Waals surface area (Å²) >= 11 is 0. The number of ketones is 1. The Labute approximate surface area is 192 Å². The number of benzene rings is 1. The largest absolute Gasteiger partial charge is 0.504 e. The minimum Gasteiger partial charge on any atom is -0.504 e. The third kappa shape index (κ3) is 4.59. The maximum absolute atomic E-state index is 13.6. The van der Waals surface area contributed by atoms with Crippen molar-refractivity contribution in [2.75, 3.05) is 34.5 Å². The second-order valence-corrected chi connectivity index (χ2v) is 8.10. The molecule has 9 nitrogen and oxygen atoms in total. The van der Waals surface area contributed by atoms with Crippen molar-refractivity contribution < 1.29 is 38.4 Å². The number of carbonyl (C=O) groups is 3. The van der Waals surface area contributed by atoms with Crippen molar-refractivity contribution in [1.82, 2.24) is 5.32 Å². The topological polar surface area (TPSA) is 120 Å². The van der Waals surface area contributed by atoms with Gasteiger partial charge in [-0.25, -0.2) is 4.79 Å². The average Bonchev–Trinajstić information content (AvgIpc) is 2.78. The molecular formula is C24H29NO8. The number of hydrogen-bond donors (Lipinski definition) is 2. The summed E-state index contributed by atoms with van der Waals surface area (Å²) < 4.78 is 20.5. The zero-order valence-electron chi connectivity index (χ0n) is 19.4. The van der Waals surface area contributed by atoms with Crippen LogP contribution >= 0.6 is 0 Å². The van der Waals surface area contributed by atoms with Gasteiger partial charge in [-0.3, -0.25) is 9.59 Å². The molecule has 0 spiro atoms. The van der Waals surface area contributed by atoms with Gasteiger partial charge < -0.3 is 29.4 Å². The lowest BCUT2D eigenvalue weighted by atomic mass is 9.69.